The van der Waals surface area contributed by atoms with Gasteiger partial charge in [0.25, 0.3) is 0 Å². The Kier molecular flexibility index (Phi) is 3.87. The summed E-state index contributed by atoms with van der Waals surface area (Å²) in [7, 11) is 0. The van der Waals surface area contributed by atoms with E-state index >= 15 is 0 Å². The molecule has 0 atom stereocenters. The second-order valence-corrected chi connectivity index (χ2v) is 5.48. The molecule has 2 aromatic rings. The van der Waals surface area contributed by atoms with E-state index in [-0.39, 0.29) is 0 Å². The number of aryl methyl sites for hydroxylation is 3. The van der Waals surface area contributed by atoms with Crippen molar-refractivity contribution in [3.05, 3.63) is 51.1 Å². The van der Waals surface area contributed by atoms with Gasteiger partial charge >= 0.3 is 0 Å². The van der Waals surface area contributed by atoms with E-state index in [1.165, 1.54) is 5.56 Å². The zero-order chi connectivity index (χ0) is 14.0. The van der Waals surface area contributed by atoms with Crippen LogP contribution in [0.2, 0.25) is 0 Å². The van der Waals surface area contributed by atoms with Crippen LogP contribution in [-0.4, -0.2) is 4.98 Å². The summed E-state index contributed by atoms with van der Waals surface area (Å²) in [5.41, 5.74) is 5.05. The average molecular weight is 316 g/mol. The summed E-state index contributed by atoms with van der Waals surface area (Å²) >= 11 is 3.32. The van der Waals surface area contributed by atoms with E-state index in [1.54, 1.807) is 12.3 Å². The van der Waals surface area contributed by atoms with Crippen molar-refractivity contribution in [2.24, 2.45) is 0 Å². The maximum Gasteiger partial charge on any atom is 0.148 e. The lowest BCUT2D eigenvalue weighted by molar-refractivity contribution is 1.24. The number of hydrogen-bond acceptors (Lipinski definition) is 3. The van der Waals surface area contributed by atoms with Crippen molar-refractivity contribution < 1.29 is 0 Å². The van der Waals surface area contributed by atoms with Crippen LogP contribution in [0, 0.1) is 32.1 Å². The zero-order valence-corrected chi connectivity index (χ0v) is 12.7. The van der Waals surface area contributed by atoms with Crippen LogP contribution in [0.5, 0.6) is 0 Å². The first-order valence-corrected chi connectivity index (χ1v) is 6.71. The van der Waals surface area contributed by atoms with Gasteiger partial charge in [0.1, 0.15) is 11.9 Å². The number of nitrogens with one attached hydrogen (secondary N) is 1. The van der Waals surface area contributed by atoms with E-state index < -0.39 is 0 Å². The van der Waals surface area contributed by atoms with Gasteiger partial charge in [-0.2, -0.15) is 5.26 Å². The molecule has 0 aliphatic heterocycles. The first-order chi connectivity index (χ1) is 9.01. The van der Waals surface area contributed by atoms with Crippen molar-refractivity contribution in [1.82, 2.24) is 4.98 Å². The maximum absolute atomic E-state index is 9.15. The normalized spacial score (nSPS) is 10.1. The minimum atomic E-state index is 0.522. The summed E-state index contributed by atoms with van der Waals surface area (Å²) in [6, 6.07) is 8.13. The second-order valence-electron chi connectivity index (χ2n) is 4.56. The molecule has 0 spiro atoms. The van der Waals surface area contributed by atoms with Crippen LogP contribution in [-0.2, 0) is 0 Å². The number of nitrogens with zero attached hydrogens (tertiary/aromatic N) is 2. The Hall–Kier alpha value is -1.86. The molecule has 1 N–H and O–H groups in total. The summed E-state index contributed by atoms with van der Waals surface area (Å²) in [6.45, 7) is 6.17. The molecule has 3 nitrogen and oxygen atoms in total. The molecule has 0 saturated heterocycles. The van der Waals surface area contributed by atoms with E-state index in [4.69, 9.17) is 5.26 Å². The van der Waals surface area contributed by atoms with Gasteiger partial charge in [-0.05, 0) is 53.9 Å². The second kappa shape index (κ2) is 5.41. The highest BCUT2D eigenvalue weighted by atomic mass is 79.9. The Labute approximate surface area is 121 Å². The SMILES string of the molecule is Cc1cc(C)c(Nc2ncc(Br)cc2C#N)c(C)c1. The Morgan fingerprint density at radius 3 is 2.37 bits per heavy atom. The van der Waals surface area contributed by atoms with E-state index in [9.17, 15) is 0 Å². The molecular weight excluding hydrogens is 302 g/mol. The summed E-state index contributed by atoms with van der Waals surface area (Å²) in [4.78, 5) is 4.27. The standard InChI is InChI=1S/C15H14BrN3/c1-9-4-10(2)14(11(3)5-9)19-15-12(7-17)6-13(16)8-18-15/h4-6,8H,1-3H3,(H,18,19). The predicted molar refractivity (Wildman–Crippen MR) is 80.6 cm³/mol. The van der Waals surface area contributed by atoms with Crippen LogP contribution >= 0.6 is 15.9 Å². The van der Waals surface area contributed by atoms with Gasteiger partial charge in [0.05, 0.1) is 5.56 Å². The fourth-order valence-corrected chi connectivity index (χ4v) is 2.45. The molecule has 1 aromatic carbocycles. The summed E-state index contributed by atoms with van der Waals surface area (Å²) < 4.78 is 0.798. The number of halogens is 1. The minimum Gasteiger partial charge on any atom is -0.339 e. The first-order valence-electron chi connectivity index (χ1n) is 5.92. The van der Waals surface area contributed by atoms with Crippen LogP contribution in [0.4, 0.5) is 11.5 Å². The molecule has 96 valence electrons. The molecule has 0 saturated carbocycles. The minimum absolute atomic E-state index is 0.522. The first kappa shape index (κ1) is 13.6. The van der Waals surface area contributed by atoms with Gasteiger partial charge < -0.3 is 5.32 Å². The van der Waals surface area contributed by atoms with Crippen molar-refractivity contribution in [2.75, 3.05) is 5.32 Å². The highest BCUT2D eigenvalue weighted by molar-refractivity contribution is 9.10. The average Bonchev–Trinajstić information content (AvgIpc) is 2.35. The quantitative estimate of drug-likeness (QED) is 0.894. The lowest BCUT2D eigenvalue weighted by atomic mass is 10.0. The molecular formula is C15H14BrN3. The molecule has 1 aromatic heterocycles. The van der Waals surface area contributed by atoms with E-state index in [1.807, 2.05) is 13.8 Å². The molecule has 4 heteroatoms. The van der Waals surface area contributed by atoms with E-state index in [2.05, 4.69) is 51.4 Å². The molecule has 0 fully saturated rings. The fourth-order valence-electron chi connectivity index (χ4n) is 2.12. The number of hydrogen-bond donors (Lipinski definition) is 1. The van der Waals surface area contributed by atoms with Crippen LogP contribution in [0.15, 0.2) is 28.9 Å². The molecule has 0 amide bonds. The summed E-state index contributed by atoms with van der Waals surface area (Å²) in [6.07, 6.45) is 1.68. The molecule has 19 heavy (non-hydrogen) atoms. The molecule has 1 heterocycles. The Morgan fingerprint density at radius 2 is 1.79 bits per heavy atom. The lowest BCUT2D eigenvalue weighted by Gasteiger charge is -2.14. The zero-order valence-electron chi connectivity index (χ0n) is 11.1. The third-order valence-corrected chi connectivity index (χ3v) is 3.33. The smallest absolute Gasteiger partial charge is 0.148 e. The van der Waals surface area contributed by atoms with Gasteiger partial charge in [-0.3, -0.25) is 0 Å². The van der Waals surface area contributed by atoms with Crippen LogP contribution in [0.25, 0.3) is 0 Å². The number of anilines is 2. The Morgan fingerprint density at radius 1 is 1.16 bits per heavy atom. The molecule has 0 unspecified atom stereocenters. The fraction of sp³-hybridized carbons (Fsp3) is 0.200. The van der Waals surface area contributed by atoms with Gasteiger partial charge in [-0.15, -0.1) is 0 Å². The van der Waals surface area contributed by atoms with Crippen molar-refractivity contribution >= 4 is 27.4 Å². The van der Waals surface area contributed by atoms with Gasteiger partial charge in [0, 0.05) is 16.4 Å². The number of benzene rings is 1. The number of rotatable bonds is 2. The third kappa shape index (κ3) is 2.94. The van der Waals surface area contributed by atoms with Crippen molar-refractivity contribution in [1.29, 1.82) is 5.26 Å². The monoisotopic (exact) mass is 315 g/mol. The molecule has 0 radical (unpaired) electrons. The molecule has 0 bridgehead atoms. The Balaban J connectivity index is 2.45. The highest BCUT2D eigenvalue weighted by Gasteiger charge is 2.09. The van der Waals surface area contributed by atoms with Gasteiger partial charge in [0.15, 0.2) is 0 Å². The number of nitriles is 1. The van der Waals surface area contributed by atoms with Crippen molar-refractivity contribution in [3.63, 3.8) is 0 Å². The van der Waals surface area contributed by atoms with E-state index in [0.29, 0.717) is 11.4 Å². The number of aromatic nitrogens is 1. The van der Waals surface area contributed by atoms with Gasteiger partial charge in [0.2, 0.25) is 0 Å². The summed E-state index contributed by atoms with van der Waals surface area (Å²) in [5, 5.41) is 12.4. The summed E-state index contributed by atoms with van der Waals surface area (Å²) in [5.74, 6) is 0.584. The van der Waals surface area contributed by atoms with Gasteiger partial charge in [-0.1, -0.05) is 17.7 Å². The topological polar surface area (TPSA) is 48.7 Å². The van der Waals surface area contributed by atoms with Crippen LogP contribution in [0.1, 0.15) is 22.3 Å². The molecule has 0 aliphatic rings. The maximum atomic E-state index is 9.15. The predicted octanol–water partition coefficient (Wildman–Crippen LogP) is 4.38. The van der Waals surface area contributed by atoms with Crippen molar-refractivity contribution in [2.45, 2.75) is 20.8 Å². The highest BCUT2D eigenvalue weighted by Crippen LogP contribution is 2.27. The van der Waals surface area contributed by atoms with Crippen molar-refractivity contribution in [3.8, 4) is 6.07 Å². The van der Waals surface area contributed by atoms with Crippen LogP contribution in [0.3, 0.4) is 0 Å². The largest absolute Gasteiger partial charge is 0.339 e. The van der Waals surface area contributed by atoms with Crippen LogP contribution < -0.4 is 5.32 Å². The number of pyridine rings is 1. The molecule has 0 aliphatic carbocycles. The lowest BCUT2D eigenvalue weighted by Crippen LogP contribution is -2.01. The van der Waals surface area contributed by atoms with Gasteiger partial charge in [-0.25, -0.2) is 4.98 Å². The Bertz CT molecular complexity index is 649. The molecule has 2 rings (SSSR count). The third-order valence-electron chi connectivity index (χ3n) is 2.90. The van der Waals surface area contributed by atoms with E-state index in [0.717, 1.165) is 21.3 Å².